The van der Waals surface area contributed by atoms with Crippen LogP contribution in [0.25, 0.3) is 0 Å². The predicted molar refractivity (Wildman–Crippen MR) is 120 cm³/mol. The van der Waals surface area contributed by atoms with Gasteiger partial charge in [0, 0.05) is 23.5 Å². The van der Waals surface area contributed by atoms with Gasteiger partial charge in [0.05, 0.1) is 12.9 Å². The molecular weight excluding hydrogens is 418 g/mol. The Morgan fingerprint density at radius 1 is 1.00 bits per heavy atom. The number of piperidine rings is 1. The topological polar surface area (TPSA) is 105 Å². The van der Waals surface area contributed by atoms with E-state index >= 15 is 0 Å². The summed E-state index contributed by atoms with van der Waals surface area (Å²) in [5.74, 6) is 0.0854. The van der Waals surface area contributed by atoms with E-state index in [-0.39, 0.29) is 11.8 Å². The number of ether oxygens (including phenoxy) is 1. The van der Waals surface area contributed by atoms with Gasteiger partial charge in [0.2, 0.25) is 15.9 Å². The van der Waals surface area contributed by atoms with Gasteiger partial charge < -0.3 is 15.4 Å². The number of carbonyl (C=O) groups is 2. The number of rotatable bonds is 7. The third-order valence-corrected chi connectivity index (χ3v) is 6.31. The van der Waals surface area contributed by atoms with Crippen molar-refractivity contribution in [3.63, 3.8) is 0 Å². The molecule has 8 nitrogen and oxygen atoms in total. The molecule has 1 aliphatic rings. The van der Waals surface area contributed by atoms with Crippen molar-refractivity contribution < 1.29 is 22.7 Å². The smallest absolute Gasteiger partial charge is 0.255 e. The Kier molecular flexibility index (Phi) is 7.29. The second-order valence-electron chi connectivity index (χ2n) is 7.36. The number of hydrogen-bond acceptors (Lipinski definition) is 5. The van der Waals surface area contributed by atoms with Crippen LogP contribution < -0.4 is 15.4 Å². The molecule has 9 heteroatoms. The zero-order valence-electron chi connectivity index (χ0n) is 17.6. The summed E-state index contributed by atoms with van der Waals surface area (Å²) >= 11 is 0. The van der Waals surface area contributed by atoms with Crippen molar-refractivity contribution in [3.05, 3.63) is 54.1 Å². The van der Waals surface area contributed by atoms with Crippen molar-refractivity contribution in [3.8, 4) is 5.75 Å². The first kappa shape index (κ1) is 22.8. The van der Waals surface area contributed by atoms with E-state index in [1.807, 2.05) is 6.92 Å². The maximum atomic E-state index is 12.7. The number of hydrogen-bond donors (Lipinski definition) is 2. The fourth-order valence-electron chi connectivity index (χ4n) is 3.50. The first-order chi connectivity index (χ1) is 14.8. The van der Waals surface area contributed by atoms with E-state index in [0.29, 0.717) is 36.5 Å². The number of nitrogens with zero attached hydrogens (tertiary/aromatic N) is 1. The summed E-state index contributed by atoms with van der Waals surface area (Å²) in [6, 6.07) is 12.8. The standard InChI is InChI=1S/C22H27N3O5S/c1-3-30-19-13-11-18(12-14-19)23-21(26)16-7-9-17(10-8-16)24-22(27)20-6-4-5-15-25(20)31(2,28)29/h7-14,20H,3-6,15H2,1-2H3,(H,23,26)(H,24,27). The maximum absolute atomic E-state index is 12.7. The van der Waals surface area contributed by atoms with Crippen LogP contribution in [0.1, 0.15) is 36.5 Å². The third kappa shape index (κ3) is 6.05. The summed E-state index contributed by atoms with van der Waals surface area (Å²) in [5, 5.41) is 5.56. The summed E-state index contributed by atoms with van der Waals surface area (Å²) in [6.45, 7) is 2.82. The molecule has 0 radical (unpaired) electrons. The van der Waals surface area contributed by atoms with Crippen LogP contribution in [0.5, 0.6) is 5.75 Å². The molecule has 1 aliphatic heterocycles. The Morgan fingerprint density at radius 3 is 2.23 bits per heavy atom. The Morgan fingerprint density at radius 2 is 1.61 bits per heavy atom. The molecule has 1 atom stereocenters. The minimum atomic E-state index is -3.45. The van der Waals surface area contributed by atoms with Gasteiger partial charge in [-0.05, 0) is 68.3 Å². The van der Waals surface area contributed by atoms with E-state index < -0.39 is 16.1 Å². The van der Waals surface area contributed by atoms with Crippen molar-refractivity contribution in [2.24, 2.45) is 0 Å². The van der Waals surface area contributed by atoms with Crippen molar-refractivity contribution in [2.45, 2.75) is 32.2 Å². The van der Waals surface area contributed by atoms with Gasteiger partial charge in [0.15, 0.2) is 0 Å². The molecule has 31 heavy (non-hydrogen) atoms. The first-order valence-corrected chi connectivity index (χ1v) is 12.0. The highest BCUT2D eigenvalue weighted by Gasteiger charge is 2.34. The SMILES string of the molecule is CCOc1ccc(NC(=O)c2ccc(NC(=O)C3CCCCN3S(C)(=O)=O)cc2)cc1. The van der Waals surface area contributed by atoms with E-state index in [1.165, 1.54) is 4.31 Å². The molecule has 1 fully saturated rings. The number of sulfonamides is 1. The van der Waals surface area contributed by atoms with Crippen LogP contribution in [-0.2, 0) is 14.8 Å². The summed E-state index contributed by atoms with van der Waals surface area (Å²) in [6.07, 6.45) is 3.15. The Hall–Kier alpha value is -2.91. The number of nitrogens with one attached hydrogen (secondary N) is 2. The largest absolute Gasteiger partial charge is 0.494 e. The molecule has 2 N–H and O–H groups in total. The third-order valence-electron chi connectivity index (χ3n) is 5.02. The Labute approximate surface area is 182 Å². The van der Waals surface area contributed by atoms with Crippen LogP contribution in [0.4, 0.5) is 11.4 Å². The van der Waals surface area contributed by atoms with Crippen molar-refractivity contribution in [2.75, 3.05) is 30.0 Å². The van der Waals surface area contributed by atoms with Gasteiger partial charge in [0.1, 0.15) is 11.8 Å². The number of anilines is 2. The molecule has 166 valence electrons. The highest BCUT2D eigenvalue weighted by atomic mass is 32.2. The molecule has 1 unspecified atom stereocenters. The normalized spacial score (nSPS) is 17.0. The molecule has 0 spiro atoms. The second kappa shape index (κ2) is 9.93. The highest BCUT2D eigenvalue weighted by molar-refractivity contribution is 7.88. The molecule has 2 aromatic carbocycles. The quantitative estimate of drug-likeness (QED) is 0.681. The highest BCUT2D eigenvalue weighted by Crippen LogP contribution is 2.22. The lowest BCUT2D eigenvalue weighted by molar-refractivity contribution is -0.120. The lowest BCUT2D eigenvalue weighted by Crippen LogP contribution is -2.49. The molecule has 0 saturated carbocycles. The molecule has 2 aromatic rings. The summed E-state index contributed by atoms with van der Waals surface area (Å²) in [5.41, 5.74) is 1.58. The molecule has 3 rings (SSSR count). The fraction of sp³-hybridized carbons (Fsp3) is 0.364. The van der Waals surface area contributed by atoms with E-state index in [0.717, 1.165) is 24.8 Å². The van der Waals surface area contributed by atoms with Gasteiger partial charge in [0.25, 0.3) is 5.91 Å². The van der Waals surface area contributed by atoms with Crippen molar-refractivity contribution in [1.29, 1.82) is 0 Å². The van der Waals surface area contributed by atoms with E-state index in [9.17, 15) is 18.0 Å². The number of carbonyl (C=O) groups excluding carboxylic acids is 2. The lowest BCUT2D eigenvalue weighted by Gasteiger charge is -2.32. The van der Waals surface area contributed by atoms with Gasteiger partial charge in [-0.3, -0.25) is 9.59 Å². The van der Waals surface area contributed by atoms with Crippen LogP contribution in [0.2, 0.25) is 0 Å². The zero-order chi connectivity index (χ0) is 22.4. The average molecular weight is 446 g/mol. The van der Waals surface area contributed by atoms with Crippen LogP contribution >= 0.6 is 0 Å². The van der Waals surface area contributed by atoms with E-state index in [2.05, 4.69) is 10.6 Å². The maximum Gasteiger partial charge on any atom is 0.255 e. The van der Waals surface area contributed by atoms with Crippen LogP contribution in [-0.4, -0.2) is 50.0 Å². The Balaban J connectivity index is 1.61. The van der Waals surface area contributed by atoms with E-state index in [1.54, 1.807) is 48.5 Å². The van der Waals surface area contributed by atoms with Crippen molar-refractivity contribution >= 4 is 33.2 Å². The van der Waals surface area contributed by atoms with Crippen molar-refractivity contribution in [1.82, 2.24) is 4.31 Å². The molecule has 2 amide bonds. The van der Waals surface area contributed by atoms with Gasteiger partial charge >= 0.3 is 0 Å². The minimum absolute atomic E-state index is 0.280. The Bertz CT molecular complexity index is 1020. The first-order valence-electron chi connectivity index (χ1n) is 10.2. The summed E-state index contributed by atoms with van der Waals surface area (Å²) in [7, 11) is -3.45. The lowest BCUT2D eigenvalue weighted by atomic mass is 10.0. The van der Waals surface area contributed by atoms with Gasteiger partial charge in [-0.2, -0.15) is 4.31 Å². The summed E-state index contributed by atoms with van der Waals surface area (Å²) in [4.78, 5) is 25.1. The van der Waals surface area contributed by atoms with Crippen LogP contribution in [0.15, 0.2) is 48.5 Å². The van der Waals surface area contributed by atoms with Gasteiger partial charge in [-0.25, -0.2) is 8.42 Å². The molecule has 0 bridgehead atoms. The molecular formula is C22H27N3O5S. The zero-order valence-corrected chi connectivity index (χ0v) is 18.4. The van der Waals surface area contributed by atoms with E-state index in [4.69, 9.17) is 4.74 Å². The van der Waals surface area contributed by atoms with Gasteiger partial charge in [-0.1, -0.05) is 6.42 Å². The predicted octanol–water partition coefficient (Wildman–Crippen LogP) is 3.09. The molecule has 0 aromatic heterocycles. The van der Waals surface area contributed by atoms with Crippen LogP contribution in [0, 0.1) is 0 Å². The molecule has 1 saturated heterocycles. The fourth-order valence-corrected chi connectivity index (χ4v) is 4.62. The minimum Gasteiger partial charge on any atom is -0.494 e. The van der Waals surface area contributed by atoms with Crippen LogP contribution in [0.3, 0.4) is 0 Å². The number of benzene rings is 2. The summed E-state index contributed by atoms with van der Waals surface area (Å²) < 4.78 is 30.6. The average Bonchev–Trinajstić information content (AvgIpc) is 2.75. The monoisotopic (exact) mass is 445 g/mol. The number of amides is 2. The van der Waals surface area contributed by atoms with Gasteiger partial charge in [-0.15, -0.1) is 0 Å². The molecule has 1 heterocycles. The second-order valence-corrected chi connectivity index (χ2v) is 9.30. The molecule has 0 aliphatic carbocycles.